The molecule has 2 rings (SSSR count). The van der Waals surface area contributed by atoms with Crippen LogP contribution in [0.25, 0.3) is 0 Å². The van der Waals surface area contributed by atoms with Crippen molar-refractivity contribution in [2.45, 2.75) is 26.4 Å². The van der Waals surface area contributed by atoms with Crippen molar-refractivity contribution in [3.05, 3.63) is 47.5 Å². The van der Waals surface area contributed by atoms with Crippen molar-refractivity contribution < 1.29 is 0 Å². The van der Waals surface area contributed by atoms with Crippen LogP contribution >= 0.6 is 0 Å². The lowest BCUT2D eigenvalue weighted by molar-refractivity contribution is 0.525. The van der Waals surface area contributed by atoms with Gasteiger partial charge in [-0.2, -0.15) is 5.10 Å². The molecule has 1 aromatic heterocycles. The first-order valence-electron chi connectivity index (χ1n) is 5.32. The van der Waals surface area contributed by atoms with Gasteiger partial charge in [-0.25, -0.2) is 4.98 Å². The van der Waals surface area contributed by atoms with Gasteiger partial charge in [0, 0.05) is 6.04 Å². The second kappa shape index (κ2) is 4.45. The number of benzene rings is 1. The molecule has 1 atom stereocenters. The SMILES string of the molecule is Cc1ccc(C)c(C(N)Cn2cncn2)c1. The van der Waals surface area contributed by atoms with Crippen LogP contribution < -0.4 is 5.73 Å². The molecule has 1 heterocycles. The molecule has 0 aliphatic rings. The van der Waals surface area contributed by atoms with Gasteiger partial charge in [0.15, 0.2) is 0 Å². The summed E-state index contributed by atoms with van der Waals surface area (Å²) in [6, 6.07) is 6.30. The van der Waals surface area contributed by atoms with E-state index in [2.05, 4.69) is 42.1 Å². The smallest absolute Gasteiger partial charge is 0.137 e. The number of nitrogens with zero attached hydrogens (tertiary/aromatic N) is 3. The first kappa shape index (κ1) is 10.8. The van der Waals surface area contributed by atoms with E-state index < -0.39 is 0 Å². The Hall–Kier alpha value is -1.68. The zero-order valence-electron chi connectivity index (χ0n) is 9.59. The summed E-state index contributed by atoms with van der Waals surface area (Å²) in [5, 5.41) is 4.06. The minimum atomic E-state index is -0.0402. The van der Waals surface area contributed by atoms with Crippen molar-refractivity contribution in [3.8, 4) is 0 Å². The van der Waals surface area contributed by atoms with E-state index in [0.717, 1.165) is 0 Å². The van der Waals surface area contributed by atoms with Crippen LogP contribution in [-0.2, 0) is 6.54 Å². The molecule has 16 heavy (non-hydrogen) atoms. The Bertz CT molecular complexity index is 462. The van der Waals surface area contributed by atoms with Crippen LogP contribution in [0, 0.1) is 13.8 Å². The van der Waals surface area contributed by atoms with Crippen LogP contribution in [0.3, 0.4) is 0 Å². The maximum Gasteiger partial charge on any atom is 0.137 e. The summed E-state index contributed by atoms with van der Waals surface area (Å²) in [6.45, 7) is 4.81. The third-order valence-corrected chi connectivity index (χ3v) is 2.68. The predicted molar refractivity (Wildman–Crippen MR) is 62.9 cm³/mol. The first-order valence-corrected chi connectivity index (χ1v) is 5.32. The number of hydrogen-bond donors (Lipinski definition) is 1. The second-order valence-corrected chi connectivity index (χ2v) is 4.08. The quantitative estimate of drug-likeness (QED) is 0.847. The van der Waals surface area contributed by atoms with Crippen LogP contribution in [0.4, 0.5) is 0 Å². The van der Waals surface area contributed by atoms with Crippen molar-refractivity contribution in [1.82, 2.24) is 14.8 Å². The number of nitrogens with two attached hydrogens (primary N) is 1. The summed E-state index contributed by atoms with van der Waals surface area (Å²) in [7, 11) is 0. The third-order valence-electron chi connectivity index (χ3n) is 2.68. The van der Waals surface area contributed by atoms with E-state index >= 15 is 0 Å². The van der Waals surface area contributed by atoms with Crippen molar-refractivity contribution >= 4 is 0 Å². The lowest BCUT2D eigenvalue weighted by Gasteiger charge is -2.15. The maximum atomic E-state index is 6.17. The van der Waals surface area contributed by atoms with E-state index in [-0.39, 0.29) is 6.04 Å². The largest absolute Gasteiger partial charge is 0.322 e. The molecule has 2 aromatic rings. The fraction of sp³-hybridized carbons (Fsp3) is 0.333. The topological polar surface area (TPSA) is 56.7 Å². The normalized spacial score (nSPS) is 12.7. The first-order chi connectivity index (χ1) is 7.66. The molecule has 0 aliphatic carbocycles. The van der Waals surface area contributed by atoms with Gasteiger partial charge in [0.05, 0.1) is 6.54 Å². The number of hydrogen-bond acceptors (Lipinski definition) is 3. The van der Waals surface area contributed by atoms with Gasteiger partial charge in [-0.3, -0.25) is 4.68 Å². The van der Waals surface area contributed by atoms with Gasteiger partial charge in [0.25, 0.3) is 0 Å². The van der Waals surface area contributed by atoms with Gasteiger partial charge in [0.1, 0.15) is 12.7 Å². The number of rotatable bonds is 3. The Morgan fingerprint density at radius 2 is 2.19 bits per heavy atom. The van der Waals surface area contributed by atoms with E-state index in [0.29, 0.717) is 6.54 Å². The fourth-order valence-corrected chi connectivity index (χ4v) is 1.79. The number of aromatic nitrogens is 3. The monoisotopic (exact) mass is 216 g/mol. The van der Waals surface area contributed by atoms with Crippen LogP contribution in [-0.4, -0.2) is 14.8 Å². The predicted octanol–water partition coefficient (Wildman–Crippen LogP) is 1.59. The lowest BCUT2D eigenvalue weighted by atomic mass is 9.99. The highest BCUT2D eigenvalue weighted by atomic mass is 15.3. The second-order valence-electron chi connectivity index (χ2n) is 4.08. The average Bonchev–Trinajstić information content (AvgIpc) is 2.74. The summed E-state index contributed by atoms with van der Waals surface area (Å²) in [4.78, 5) is 3.91. The molecule has 0 radical (unpaired) electrons. The molecule has 1 aromatic carbocycles. The van der Waals surface area contributed by atoms with Gasteiger partial charge in [-0.15, -0.1) is 0 Å². The van der Waals surface area contributed by atoms with E-state index in [1.807, 2.05) is 0 Å². The summed E-state index contributed by atoms with van der Waals surface area (Å²) in [5.41, 5.74) is 9.80. The van der Waals surface area contributed by atoms with Crippen LogP contribution in [0.5, 0.6) is 0 Å². The number of aryl methyl sites for hydroxylation is 2. The summed E-state index contributed by atoms with van der Waals surface area (Å²) in [5.74, 6) is 0. The lowest BCUT2D eigenvalue weighted by Crippen LogP contribution is -2.19. The van der Waals surface area contributed by atoms with E-state index in [1.54, 1.807) is 11.0 Å². The minimum Gasteiger partial charge on any atom is -0.322 e. The zero-order chi connectivity index (χ0) is 11.5. The molecule has 0 amide bonds. The highest BCUT2D eigenvalue weighted by Gasteiger charge is 2.10. The van der Waals surface area contributed by atoms with Crippen LogP contribution in [0.15, 0.2) is 30.9 Å². The van der Waals surface area contributed by atoms with Crippen molar-refractivity contribution in [3.63, 3.8) is 0 Å². The highest BCUT2D eigenvalue weighted by molar-refractivity contribution is 5.32. The standard InChI is InChI=1S/C12H16N4/c1-9-3-4-10(2)11(5-9)12(13)6-16-8-14-7-15-16/h3-5,7-8,12H,6,13H2,1-2H3. The molecule has 0 saturated heterocycles. The highest BCUT2D eigenvalue weighted by Crippen LogP contribution is 2.18. The van der Waals surface area contributed by atoms with Crippen LogP contribution in [0.1, 0.15) is 22.7 Å². The molecule has 4 nitrogen and oxygen atoms in total. The Morgan fingerprint density at radius 3 is 2.88 bits per heavy atom. The molecular weight excluding hydrogens is 200 g/mol. The van der Waals surface area contributed by atoms with Crippen molar-refractivity contribution in [1.29, 1.82) is 0 Å². The minimum absolute atomic E-state index is 0.0402. The van der Waals surface area contributed by atoms with Gasteiger partial charge in [-0.1, -0.05) is 23.8 Å². The van der Waals surface area contributed by atoms with Gasteiger partial charge in [-0.05, 0) is 25.0 Å². The molecule has 0 spiro atoms. The third kappa shape index (κ3) is 2.28. The summed E-state index contributed by atoms with van der Waals surface area (Å²) in [6.07, 6.45) is 3.21. The summed E-state index contributed by atoms with van der Waals surface area (Å²) >= 11 is 0. The van der Waals surface area contributed by atoms with Gasteiger partial charge < -0.3 is 5.73 Å². The average molecular weight is 216 g/mol. The zero-order valence-corrected chi connectivity index (χ0v) is 9.59. The molecule has 0 aliphatic heterocycles. The van der Waals surface area contributed by atoms with Gasteiger partial charge >= 0.3 is 0 Å². The Balaban J connectivity index is 2.20. The van der Waals surface area contributed by atoms with E-state index in [1.165, 1.54) is 23.0 Å². The van der Waals surface area contributed by atoms with E-state index in [4.69, 9.17) is 5.73 Å². The van der Waals surface area contributed by atoms with Crippen LogP contribution in [0.2, 0.25) is 0 Å². The molecular formula is C12H16N4. The summed E-state index contributed by atoms with van der Waals surface area (Å²) < 4.78 is 1.76. The van der Waals surface area contributed by atoms with Gasteiger partial charge in [0.2, 0.25) is 0 Å². The Labute approximate surface area is 95.1 Å². The van der Waals surface area contributed by atoms with Crippen molar-refractivity contribution in [2.75, 3.05) is 0 Å². The Kier molecular flexibility index (Phi) is 3.01. The molecule has 2 N–H and O–H groups in total. The molecule has 4 heteroatoms. The molecule has 0 fully saturated rings. The molecule has 0 bridgehead atoms. The maximum absolute atomic E-state index is 6.17. The molecule has 84 valence electrons. The molecule has 0 saturated carbocycles. The Morgan fingerprint density at radius 1 is 1.38 bits per heavy atom. The van der Waals surface area contributed by atoms with Crippen molar-refractivity contribution in [2.24, 2.45) is 5.73 Å². The fourth-order valence-electron chi connectivity index (χ4n) is 1.79. The van der Waals surface area contributed by atoms with E-state index in [9.17, 15) is 0 Å². The molecule has 1 unspecified atom stereocenters.